The molecule has 1 aromatic rings. The Morgan fingerprint density at radius 2 is 2.22 bits per heavy atom. The van der Waals surface area contributed by atoms with Gasteiger partial charge in [-0.05, 0) is 37.0 Å². The number of methoxy groups -OCH3 is 1. The number of primary amides is 1. The predicted octanol–water partition coefficient (Wildman–Crippen LogP) is 1.88. The topological polar surface area (TPSA) is 52.3 Å². The molecule has 2 N–H and O–H groups in total. The van der Waals surface area contributed by atoms with E-state index >= 15 is 0 Å². The molecule has 0 aliphatic carbocycles. The number of hydrogen-bond donors (Lipinski definition) is 1. The third kappa shape index (κ3) is 6.07. The van der Waals surface area contributed by atoms with Gasteiger partial charge in [0.15, 0.2) is 0 Å². The summed E-state index contributed by atoms with van der Waals surface area (Å²) in [4.78, 5) is 10.6. The number of aryl methyl sites for hydroxylation is 1. The van der Waals surface area contributed by atoms with Crippen LogP contribution >= 0.6 is 0 Å². The van der Waals surface area contributed by atoms with Crippen molar-refractivity contribution in [3.05, 3.63) is 35.4 Å². The first-order chi connectivity index (χ1) is 8.72. The second kappa shape index (κ2) is 8.32. The molecule has 0 bridgehead atoms. The summed E-state index contributed by atoms with van der Waals surface area (Å²) in [7, 11) is 1.63. The highest BCUT2D eigenvalue weighted by atomic mass is 16.5. The molecular weight excluding hydrogens is 226 g/mol. The monoisotopic (exact) mass is 245 g/mol. The number of carbonyl (C=O) groups is 1. The zero-order valence-corrected chi connectivity index (χ0v) is 10.7. The summed E-state index contributed by atoms with van der Waals surface area (Å²) in [5.41, 5.74) is 7.33. The number of amides is 1. The third-order valence-electron chi connectivity index (χ3n) is 2.51. The van der Waals surface area contributed by atoms with E-state index in [1.807, 2.05) is 12.1 Å². The number of unbranched alkanes of at least 4 members (excludes halogenated alkanes) is 1. The van der Waals surface area contributed by atoms with Gasteiger partial charge in [0.2, 0.25) is 5.91 Å². The van der Waals surface area contributed by atoms with E-state index in [0.29, 0.717) is 13.0 Å². The number of hydrogen-bond acceptors (Lipinski definition) is 2. The van der Waals surface area contributed by atoms with Crippen molar-refractivity contribution in [1.82, 2.24) is 0 Å². The molecule has 18 heavy (non-hydrogen) atoms. The summed E-state index contributed by atoms with van der Waals surface area (Å²) >= 11 is 0. The number of carbonyl (C=O) groups excluding carboxylic acids is 1. The minimum atomic E-state index is -0.228. The van der Waals surface area contributed by atoms with Crippen molar-refractivity contribution in [2.45, 2.75) is 25.7 Å². The molecule has 0 aliphatic heterocycles. The Labute approximate surface area is 108 Å². The summed E-state index contributed by atoms with van der Waals surface area (Å²) in [5.74, 6) is 5.75. The first-order valence-electron chi connectivity index (χ1n) is 6.07. The average molecular weight is 245 g/mol. The van der Waals surface area contributed by atoms with Gasteiger partial charge in [0, 0.05) is 19.1 Å². The first kappa shape index (κ1) is 14.3. The van der Waals surface area contributed by atoms with Gasteiger partial charge >= 0.3 is 0 Å². The molecule has 3 nitrogen and oxygen atoms in total. The lowest BCUT2D eigenvalue weighted by atomic mass is 10.0. The van der Waals surface area contributed by atoms with Crippen molar-refractivity contribution < 1.29 is 9.53 Å². The van der Waals surface area contributed by atoms with Gasteiger partial charge in [-0.2, -0.15) is 0 Å². The van der Waals surface area contributed by atoms with Crippen LogP contribution in [-0.4, -0.2) is 19.6 Å². The van der Waals surface area contributed by atoms with Crippen LogP contribution in [0.25, 0.3) is 0 Å². The van der Waals surface area contributed by atoms with Gasteiger partial charge in [-0.1, -0.05) is 24.0 Å². The average Bonchev–Trinajstić information content (AvgIpc) is 2.35. The Bertz CT molecular complexity index is 443. The SMILES string of the molecule is COCC#Cc1cccc(CCCCC(N)=O)c1. The number of nitrogens with two attached hydrogens (primary N) is 1. The molecule has 1 rings (SSSR count). The standard InChI is InChI=1S/C15H19NO2/c1-18-11-5-9-14-8-4-7-13(12-14)6-2-3-10-15(16)17/h4,7-8,12H,2-3,6,10-11H2,1H3,(H2,16,17). The molecule has 0 atom stereocenters. The molecule has 96 valence electrons. The number of ether oxygens (including phenoxy) is 1. The van der Waals surface area contributed by atoms with E-state index in [9.17, 15) is 4.79 Å². The van der Waals surface area contributed by atoms with Crippen LogP contribution in [0.3, 0.4) is 0 Å². The molecule has 0 saturated heterocycles. The number of benzene rings is 1. The van der Waals surface area contributed by atoms with E-state index < -0.39 is 0 Å². The van der Waals surface area contributed by atoms with Crippen LogP contribution < -0.4 is 5.73 Å². The molecule has 0 heterocycles. The van der Waals surface area contributed by atoms with Crippen molar-refractivity contribution in [2.75, 3.05) is 13.7 Å². The van der Waals surface area contributed by atoms with Crippen LogP contribution in [0.4, 0.5) is 0 Å². The summed E-state index contributed by atoms with van der Waals surface area (Å²) in [6.45, 7) is 0.447. The van der Waals surface area contributed by atoms with Crippen molar-refractivity contribution in [2.24, 2.45) is 5.73 Å². The molecule has 0 fully saturated rings. The lowest BCUT2D eigenvalue weighted by molar-refractivity contribution is -0.118. The van der Waals surface area contributed by atoms with E-state index in [4.69, 9.17) is 10.5 Å². The summed E-state index contributed by atoms with van der Waals surface area (Å²) in [6, 6.07) is 8.13. The van der Waals surface area contributed by atoms with Crippen molar-refractivity contribution in [3.63, 3.8) is 0 Å². The van der Waals surface area contributed by atoms with Crippen LogP contribution in [0.2, 0.25) is 0 Å². The van der Waals surface area contributed by atoms with Crippen molar-refractivity contribution in [3.8, 4) is 11.8 Å². The molecule has 0 spiro atoms. The minimum Gasteiger partial charge on any atom is -0.372 e. The zero-order valence-electron chi connectivity index (χ0n) is 10.7. The molecule has 0 radical (unpaired) electrons. The van der Waals surface area contributed by atoms with Gasteiger partial charge in [0.05, 0.1) is 0 Å². The smallest absolute Gasteiger partial charge is 0.217 e. The maximum absolute atomic E-state index is 10.6. The quantitative estimate of drug-likeness (QED) is 0.614. The van der Waals surface area contributed by atoms with E-state index in [1.165, 1.54) is 5.56 Å². The second-order valence-corrected chi connectivity index (χ2v) is 4.11. The Morgan fingerprint density at radius 3 is 2.94 bits per heavy atom. The van der Waals surface area contributed by atoms with Crippen LogP contribution in [0, 0.1) is 11.8 Å². The lowest BCUT2D eigenvalue weighted by Gasteiger charge is -2.01. The Morgan fingerprint density at radius 1 is 1.39 bits per heavy atom. The molecule has 3 heteroatoms. The molecule has 0 unspecified atom stereocenters. The fraction of sp³-hybridized carbons (Fsp3) is 0.400. The Hall–Kier alpha value is -1.79. The molecular formula is C15H19NO2. The normalized spacial score (nSPS) is 9.61. The van der Waals surface area contributed by atoms with Gasteiger partial charge in [-0.3, -0.25) is 4.79 Å². The fourth-order valence-electron chi connectivity index (χ4n) is 1.64. The highest BCUT2D eigenvalue weighted by molar-refractivity contribution is 5.73. The molecule has 1 amide bonds. The third-order valence-corrected chi connectivity index (χ3v) is 2.51. The second-order valence-electron chi connectivity index (χ2n) is 4.11. The Balaban J connectivity index is 2.45. The van der Waals surface area contributed by atoms with Crippen LogP contribution in [0.1, 0.15) is 30.4 Å². The maximum atomic E-state index is 10.6. The highest BCUT2D eigenvalue weighted by Gasteiger charge is 1.97. The lowest BCUT2D eigenvalue weighted by Crippen LogP contribution is -2.09. The van der Waals surface area contributed by atoms with E-state index in [-0.39, 0.29) is 5.91 Å². The highest BCUT2D eigenvalue weighted by Crippen LogP contribution is 2.09. The number of rotatable bonds is 6. The Kier molecular flexibility index (Phi) is 6.60. The fourth-order valence-corrected chi connectivity index (χ4v) is 1.64. The van der Waals surface area contributed by atoms with Gasteiger partial charge in [-0.25, -0.2) is 0 Å². The molecule has 0 aliphatic rings. The van der Waals surface area contributed by atoms with Gasteiger partial charge in [-0.15, -0.1) is 0 Å². The predicted molar refractivity (Wildman–Crippen MR) is 71.9 cm³/mol. The van der Waals surface area contributed by atoms with E-state index in [0.717, 1.165) is 24.8 Å². The zero-order chi connectivity index (χ0) is 13.2. The van der Waals surface area contributed by atoms with Crippen LogP contribution in [0.5, 0.6) is 0 Å². The van der Waals surface area contributed by atoms with Gasteiger partial charge in [0.25, 0.3) is 0 Å². The van der Waals surface area contributed by atoms with E-state index in [1.54, 1.807) is 7.11 Å². The molecule has 0 saturated carbocycles. The van der Waals surface area contributed by atoms with Crippen molar-refractivity contribution >= 4 is 5.91 Å². The largest absolute Gasteiger partial charge is 0.372 e. The minimum absolute atomic E-state index is 0.228. The van der Waals surface area contributed by atoms with Gasteiger partial charge in [0.1, 0.15) is 6.61 Å². The van der Waals surface area contributed by atoms with E-state index in [2.05, 4.69) is 24.0 Å². The summed E-state index contributed by atoms with van der Waals surface area (Å²) < 4.78 is 4.88. The van der Waals surface area contributed by atoms with Gasteiger partial charge < -0.3 is 10.5 Å². The first-order valence-corrected chi connectivity index (χ1v) is 6.07. The summed E-state index contributed by atoms with van der Waals surface area (Å²) in [5, 5.41) is 0. The van der Waals surface area contributed by atoms with Crippen LogP contribution in [-0.2, 0) is 16.0 Å². The maximum Gasteiger partial charge on any atom is 0.217 e. The molecule has 0 aromatic heterocycles. The van der Waals surface area contributed by atoms with Crippen LogP contribution in [0.15, 0.2) is 24.3 Å². The summed E-state index contributed by atoms with van der Waals surface area (Å²) in [6.07, 6.45) is 3.23. The van der Waals surface area contributed by atoms with Crippen molar-refractivity contribution in [1.29, 1.82) is 0 Å². The molecule has 1 aromatic carbocycles.